The van der Waals surface area contributed by atoms with Crippen molar-refractivity contribution < 1.29 is 14.1 Å². The summed E-state index contributed by atoms with van der Waals surface area (Å²) in [6.07, 6.45) is -0.931. The molecule has 0 unspecified atom stereocenters. The maximum Gasteiger partial charge on any atom is 0.411 e. The highest BCUT2D eigenvalue weighted by Crippen LogP contribution is 2.12. The second-order valence-electron chi connectivity index (χ2n) is 1.69. The normalized spacial score (nSPS) is 9.55. The van der Waals surface area contributed by atoms with E-state index in [1.807, 2.05) is 0 Å². The fraction of sp³-hybridized carbons (Fsp3) is 0.200. The van der Waals surface area contributed by atoms with Crippen LogP contribution in [0.5, 0.6) is 5.88 Å². The summed E-state index contributed by atoms with van der Waals surface area (Å²) >= 11 is 5.37. The van der Waals surface area contributed by atoms with Crippen molar-refractivity contribution in [2.75, 3.05) is 0 Å². The third kappa shape index (κ3) is 2.12. The molecule has 6 heteroatoms. The summed E-state index contributed by atoms with van der Waals surface area (Å²) in [5, 5.41) is 3.34. The Balaban J connectivity index is 2.65. The van der Waals surface area contributed by atoms with E-state index in [4.69, 9.17) is 17.3 Å². The molecule has 60 valence electrons. The van der Waals surface area contributed by atoms with Crippen molar-refractivity contribution in [2.24, 2.45) is 5.73 Å². The van der Waals surface area contributed by atoms with E-state index < -0.39 is 6.09 Å². The van der Waals surface area contributed by atoms with E-state index in [0.29, 0.717) is 5.76 Å². The van der Waals surface area contributed by atoms with Crippen LogP contribution in [0.15, 0.2) is 10.6 Å². The van der Waals surface area contributed by atoms with Gasteiger partial charge < -0.3 is 15.0 Å². The fourth-order valence-corrected chi connectivity index (χ4v) is 0.634. The number of rotatable bonds is 2. The lowest BCUT2D eigenvalue weighted by molar-refractivity contribution is 0.206. The van der Waals surface area contributed by atoms with E-state index in [1.54, 1.807) is 0 Å². The predicted octanol–water partition coefficient (Wildman–Crippen LogP) is 0.871. The number of amides is 1. The van der Waals surface area contributed by atoms with Crippen LogP contribution in [-0.4, -0.2) is 11.2 Å². The Morgan fingerprint density at radius 3 is 3.09 bits per heavy atom. The van der Waals surface area contributed by atoms with Gasteiger partial charge in [-0.25, -0.2) is 4.79 Å². The van der Waals surface area contributed by atoms with Gasteiger partial charge in [-0.15, -0.1) is 11.6 Å². The highest BCUT2D eigenvalue weighted by Gasteiger charge is 2.05. The van der Waals surface area contributed by atoms with Gasteiger partial charge in [0, 0.05) is 6.07 Å². The molecule has 1 aromatic heterocycles. The van der Waals surface area contributed by atoms with Gasteiger partial charge in [-0.3, -0.25) is 0 Å². The standard InChI is InChI=1S/C5H5ClN2O3/c6-2-3-1-4(8-11-3)10-5(7)9/h1H,2H2,(H2,7,9). The molecule has 0 radical (unpaired) electrons. The SMILES string of the molecule is NC(=O)Oc1cc(CCl)on1. The van der Waals surface area contributed by atoms with Crippen molar-refractivity contribution in [1.29, 1.82) is 0 Å². The van der Waals surface area contributed by atoms with Crippen molar-refractivity contribution in [3.63, 3.8) is 0 Å². The van der Waals surface area contributed by atoms with Crippen LogP contribution >= 0.6 is 11.6 Å². The fourth-order valence-electron chi connectivity index (χ4n) is 0.508. The quantitative estimate of drug-likeness (QED) is 0.679. The number of ether oxygens (including phenoxy) is 1. The molecule has 0 spiro atoms. The maximum atomic E-state index is 10.2. The first kappa shape index (κ1) is 7.87. The van der Waals surface area contributed by atoms with Gasteiger partial charge >= 0.3 is 6.09 Å². The van der Waals surface area contributed by atoms with Gasteiger partial charge in [0.05, 0.1) is 5.88 Å². The summed E-state index contributed by atoms with van der Waals surface area (Å²) in [5.74, 6) is 0.617. The van der Waals surface area contributed by atoms with Gasteiger partial charge in [0.2, 0.25) is 0 Å². The Kier molecular flexibility index (Phi) is 2.32. The Hall–Kier alpha value is -1.23. The number of halogens is 1. The number of aromatic nitrogens is 1. The van der Waals surface area contributed by atoms with Gasteiger partial charge in [-0.1, -0.05) is 0 Å². The first-order chi connectivity index (χ1) is 5.22. The molecule has 1 aromatic rings. The van der Waals surface area contributed by atoms with Gasteiger partial charge in [0.25, 0.3) is 5.88 Å². The van der Waals surface area contributed by atoms with E-state index in [1.165, 1.54) is 6.07 Å². The first-order valence-corrected chi connectivity index (χ1v) is 3.24. The molecule has 0 bridgehead atoms. The largest absolute Gasteiger partial charge is 0.411 e. The van der Waals surface area contributed by atoms with E-state index >= 15 is 0 Å². The third-order valence-corrected chi connectivity index (χ3v) is 1.14. The minimum Gasteiger partial charge on any atom is -0.388 e. The van der Waals surface area contributed by atoms with Gasteiger partial charge in [-0.2, -0.15) is 0 Å². The zero-order chi connectivity index (χ0) is 8.27. The number of primary amides is 1. The zero-order valence-corrected chi connectivity index (χ0v) is 6.17. The summed E-state index contributed by atoms with van der Waals surface area (Å²) in [7, 11) is 0. The average Bonchev–Trinajstić information content (AvgIpc) is 2.34. The lowest BCUT2D eigenvalue weighted by atomic mass is 10.5. The molecule has 5 nitrogen and oxygen atoms in total. The molecule has 1 amide bonds. The molecule has 0 aliphatic heterocycles. The van der Waals surface area contributed by atoms with Gasteiger partial charge in [0.15, 0.2) is 5.76 Å². The number of alkyl halides is 1. The molecule has 1 rings (SSSR count). The van der Waals surface area contributed by atoms with Gasteiger partial charge in [-0.05, 0) is 5.16 Å². The van der Waals surface area contributed by atoms with Crippen LogP contribution in [-0.2, 0) is 5.88 Å². The van der Waals surface area contributed by atoms with E-state index in [9.17, 15) is 4.79 Å². The minimum atomic E-state index is -0.931. The van der Waals surface area contributed by atoms with Crippen LogP contribution in [0.25, 0.3) is 0 Å². The lowest BCUT2D eigenvalue weighted by Crippen LogP contribution is -2.16. The highest BCUT2D eigenvalue weighted by molar-refractivity contribution is 6.16. The molecule has 0 saturated carbocycles. The Labute approximate surface area is 67.0 Å². The number of carbonyl (C=O) groups is 1. The maximum absolute atomic E-state index is 10.2. The summed E-state index contributed by atoms with van der Waals surface area (Å²) in [4.78, 5) is 10.2. The lowest BCUT2D eigenvalue weighted by Gasteiger charge is -1.89. The average molecular weight is 177 g/mol. The molecule has 0 saturated heterocycles. The monoisotopic (exact) mass is 176 g/mol. The van der Waals surface area contributed by atoms with Crippen molar-refractivity contribution in [3.05, 3.63) is 11.8 Å². The second-order valence-corrected chi connectivity index (χ2v) is 1.95. The Morgan fingerprint density at radius 1 is 1.91 bits per heavy atom. The molecule has 0 atom stereocenters. The summed E-state index contributed by atoms with van der Waals surface area (Å²) in [5.41, 5.74) is 4.70. The van der Waals surface area contributed by atoms with Crippen molar-refractivity contribution >= 4 is 17.7 Å². The third-order valence-electron chi connectivity index (χ3n) is 0.874. The van der Waals surface area contributed by atoms with E-state index in [0.717, 1.165) is 0 Å². The summed E-state index contributed by atoms with van der Waals surface area (Å²) < 4.78 is 8.97. The van der Waals surface area contributed by atoms with Crippen LogP contribution < -0.4 is 10.5 Å². The smallest absolute Gasteiger partial charge is 0.388 e. The molecule has 2 N–H and O–H groups in total. The summed E-state index contributed by atoms with van der Waals surface area (Å²) in [6, 6.07) is 1.39. The summed E-state index contributed by atoms with van der Waals surface area (Å²) in [6.45, 7) is 0. The minimum absolute atomic E-state index is 0.0214. The Bertz CT molecular complexity index is 260. The second kappa shape index (κ2) is 3.25. The molecule has 0 fully saturated rings. The number of hydrogen-bond acceptors (Lipinski definition) is 4. The molecule has 1 heterocycles. The predicted molar refractivity (Wildman–Crippen MR) is 36.3 cm³/mol. The topological polar surface area (TPSA) is 78.4 Å². The zero-order valence-electron chi connectivity index (χ0n) is 5.41. The number of nitrogens with zero attached hydrogens (tertiary/aromatic N) is 1. The van der Waals surface area contributed by atoms with Crippen molar-refractivity contribution in [3.8, 4) is 5.88 Å². The molecule has 0 aromatic carbocycles. The van der Waals surface area contributed by atoms with E-state index in [-0.39, 0.29) is 11.8 Å². The van der Waals surface area contributed by atoms with Crippen LogP contribution in [0.3, 0.4) is 0 Å². The molecule has 0 aliphatic rings. The van der Waals surface area contributed by atoms with Crippen LogP contribution in [0.1, 0.15) is 5.76 Å². The van der Waals surface area contributed by atoms with Gasteiger partial charge in [0.1, 0.15) is 0 Å². The molecule has 11 heavy (non-hydrogen) atoms. The molecule has 0 aliphatic carbocycles. The number of nitrogens with two attached hydrogens (primary N) is 1. The van der Waals surface area contributed by atoms with Crippen molar-refractivity contribution in [1.82, 2.24) is 5.16 Å². The highest BCUT2D eigenvalue weighted by atomic mass is 35.5. The number of hydrogen-bond donors (Lipinski definition) is 1. The molecular weight excluding hydrogens is 172 g/mol. The van der Waals surface area contributed by atoms with Crippen LogP contribution in [0.2, 0.25) is 0 Å². The molecular formula is C5H5ClN2O3. The first-order valence-electron chi connectivity index (χ1n) is 2.71. The van der Waals surface area contributed by atoms with Crippen LogP contribution in [0, 0.1) is 0 Å². The van der Waals surface area contributed by atoms with E-state index in [2.05, 4.69) is 14.4 Å². The van der Waals surface area contributed by atoms with Crippen molar-refractivity contribution in [2.45, 2.75) is 5.88 Å². The number of carbonyl (C=O) groups excluding carboxylic acids is 1. The van der Waals surface area contributed by atoms with Crippen LogP contribution in [0.4, 0.5) is 4.79 Å². The Morgan fingerprint density at radius 2 is 2.64 bits per heavy atom.